The number of hydrogen-bond donors (Lipinski definition) is 2. The molecule has 0 aromatic heterocycles. The van der Waals surface area contributed by atoms with Gasteiger partial charge in [-0.2, -0.15) is 10.5 Å². The van der Waals surface area contributed by atoms with E-state index < -0.39 is 57.8 Å². The summed E-state index contributed by atoms with van der Waals surface area (Å²) in [6.45, 7) is 8.13. The minimum atomic E-state index is -1.73. The summed E-state index contributed by atoms with van der Waals surface area (Å²) in [5, 5.41) is 46.7. The lowest BCUT2D eigenvalue weighted by Crippen LogP contribution is -2.66. The van der Waals surface area contributed by atoms with Gasteiger partial charge in [0.1, 0.15) is 11.8 Å². The van der Waals surface area contributed by atoms with E-state index in [1.165, 1.54) is 9.80 Å². The minimum Gasteiger partial charge on any atom is -0.366 e. The van der Waals surface area contributed by atoms with Crippen molar-refractivity contribution in [1.82, 2.24) is 9.80 Å². The lowest BCUT2D eigenvalue weighted by atomic mass is 9.58. The number of benzene rings is 4. The van der Waals surface area contributed by atoms with E-state index in [9.17, 15) is 30.3 Å². The van der Waals surface area contributed by atoms with Crippen LogP contribution in [0, 0.1) is 45.3 Å². The van der Waals surface area contributed by atoms with Crippen LogP contribution < -0.4 is 0 Å². The molecule has 8 nitrogen and oxygen atoms in total. The first-order valence-corrected chi connectivity index (χ1v) is 20.7. The van der Waals surface area contributed by atoms with Crippen molar-refractivity contribution in [1.29, 1.82) is 10.5 Å². The van der Waals surface area contributed by atoms with Gasteiger partial charge in [-0.05, 0) is 48.2 Å². The van der Waals surface area contributed by atoms with Crippen LogP contribution in [0.3, 0.4) is 0 Å². The average molecular weight is 881 g/mol. The number of nitriles is 2. The second-order valence-corrected chi connectivity index (χ2v) is 18.0. The van der Waals surface area contributed by atoms with Gasteiger partial charge < -0.3 is 20.0 Å². The SMILES string of the molecule is CC1(C)C(c2ccccc2)C(C#N)C(=O)N(CCCCCCN2C(=O)C(C#N)C(c3ccccc3)C(C)(C)C2(O)c2ccc(Br)cc2)C1(O)c1ccc(Br)cc1. The average Bonchev–Trinajstić information content (AvgIpc) is 3.19. The smallest absolute Gasteiger partial charge is 0.243 e. The number of hydrogen-bond acceptors (Lipinski definition) is 6. The standard InChI is InChI=1S/C46H48Br2N4O4/c1-43(2)39(31-15-9-7-10-16-31)37(29-49)41(53)51(45(43,55)33-19-23-35(47)24-20-33)27-13-5-6-14-28-52-42(54)38(30-50)40(32-17-11-8-12-18-32)44(3,4)46(52,56)34-21-25-36(48)26-22-34/h7-12,15-26,37-40,55-56H,5-6,13-14,27-28H2,1-4H3. The summed E-state index contributed by atoms with van der Waals surface area (Å²) in [5.74, 6) is -3.97. The first-order valence-electron chi connectivity index (χ1n) is 19.1. The maximum Gasteiger partial charge on any atom is 0.243 e. The number of piperidine rings is 2. The van der Waals surface area contributed by atoms with Gasteiger partial charge >= 0.3 is 0 Å². The third kappa shape index (κ3) is 6.89. The van der Waals surface area contributed by atoms with Crippen molar-refractivity contribution >= 4 is 43.7 Å². The number of rotatable bonds is 11. The molecule has 2 aliphatic rings. The summed E-state index contributed by atoms with van der Waals surface area (Å²) in [6, 6.07) is 38.2. The van der Waals surface area contributed by atoms with Crippen molar-refractivity contribution in [3.8, 4) is 12.1 Å². The fourth-order valence-corrected chi connectivity index (χ4v) is 10.1. The quantitative estimate of drug-likeness (QED) is 0.145. The second-order valence-electron chi connectivity index (χ2n) is 16.2. The molecular formula is C46H48Br2N4O4. The minimum absolute atomic E-state index is 0.211. The van der Waals surface area contributed by atoms with Crippen molar-refractivity contribution < 1.29 is 19.8 Å². The molecule has 2 saturated heterocycles. The highest BCUT2D eigenvalue weighted by Gasteiger charge is 2.64. The molecule has 0 aliphatic carbocycles. The number of halogens is 2. The first-order chi connectivity index (χ1) is 26.7. The van der Waals surface area contributed by atoms with Gasteiger partial charge in [0.2, 0.25) is 11.8 Å². The predicted octanol–water partition coefficient (Wildman–Crippen LogP) is 9.35. The molecule has 2 fully saturated rings. The molecule has 2 heterocycles. The monoisotopic (exact) mass is 878 g/mol. The summed E-state index contributed by atoms with van der Waals surface area (Å²) in [7, 11) is 0. The van der Waals surface area contributed by atoms with Crippen LogP contribution in [0.25, 0.3) is 0 Å². The van der Waals surface area contributed by atoms with Gasteiger partial charge in [-0.1, -0.05) is 157 Å². The molecule has 56 heavy (non-hydrogen) atoms. The summed E-state index contributed by atoms with van der Waals surface area (Å²) in [4.78, 5) is 31.7. The third-order valence-corrected chi connectivity index (χ3v) is 13.5. The predicted molar refractivity (Wildman–Crippen MR) is 222 cm³/mol. The maximum atomic E-state index is 14.4. The van der Waals surface area contributed by atoms with Crippen LogP contribution in [0.15, 0.2) is 118 Å². The Bertz CT molecular complexity index is 1960. The molecule has 6 unspecified atom stereocenters. The molecule has 0 saturated carbocycles. The number of likely N-dealkylation sites (tertiary alicyclic amines) is 2. The number of unbranched alkanes of at least 4 members (excludes halogenated alkanes) is 3. The van der Waals surface area contributed by atoms with E-state index in [-0.39, 0.29) is 13.1 Å². The molecule has 10 heteroatoms. The number of carbonyl (C=O) groups excluding carboxylic acids is 2. The Morgan fingerprint density at radius 2 is 0.875 bits per heavy atom. The van der Waals surface area contributed by atoms with Gasteiger partial charge in [0.25, 0.3) is 0 Å². The van der Waals surface area contributed by atoms with Crippen LogP contribution in [0.2, 0.25) is 0 Å². The van der Waals surface area contributed by atoms with Crippen LogP contribution in [-0.4, -0.2) is 44.9 Å². The van der Waals surface area contributed by atoms with Crippen molar-refractivity contribution in [2.75, 3.05) is 13.1 Å². The summed E-state index contributed by atoms with van der Waals surface area (Å²) in [6.07, 6.45) is 2.36. The van der Waals surface area contributed by atoms with E-state index >= 15 is 0 Å². The van der Waals surface area contributed by atoms with E-state index in [0.717, 1.165) is 20.1 Å². The molecule has 0 bridgehead atoms. The molecular weight excluding hydrogens is 832 g/mol. The highest BCUT2D eigenvalue weighted by atomic mass is 79.9. The topological polar surface area (TPSA) is 129 Å². The van der Waals surface area contributed by atoms with Gasteiger partial charge in [0.05, 0.1) is 12.1 Å². The molecule has 6 rings (SSSR count). The molecule has 0 spiro atoms. The van der Waals surface area contributed by atoms with E-state index in [2.05, 4.69) is 44.0 Å². The maximum absolute atomic E-state index is 14.4. The number of nitrogens with zero attached hydrogens (tertiary/aromatic N) is 4. The lowest BCUT2D eigenvalue weighted by Gasteiger charge is -2.58. The highest BCUT2D eigenvalue weighted by molar-refractivity contribution is 9.10. The van der Waals surface area contributed by atoms with Gasteiger partial charge in [-0.25, -0.2) is 0 Å². The van der Waals surface area contributed by atoms with E-state index in [4.69, 9.17) is 0 Å². The Kier molecular flexibility index (Phi) is 12.0. The van der Waals surface area contributed by atoms with Crippen molar-refractivity contribution in [3.05, 3.63) is 140 Å². The third-order valence-electron chi connectivity index (χ3n) is 12.5. The van der Waals surface area contributed by atoms with Crippen LogP contribution in [0.5, 0.6) is 0 Å². The molecule has 2 aliphatic heterocycles. The number of amides is 2. The van der Waals surface area contributed by atoms with Crippen LogP contribution in [-0.2, 0) is 21.0 Å². The van der Waals surface area contributed by atoms with Crippen molar-refractivity contribution in [2.45, 2.75) is 76.7 Å². The molecule has 2 N–H and O–H groups in total. The van der Waals surface area contributed by atoms with Crippen LogP contribution in [0.4, 0.5) is 0 Å². The van der Waals surface area contributed by atoms with Gasteiger partial charge in [-0.3, -0.25) is 9.59 Å². The molecule has 2 amide bonds. The largest absolute Gasteiger partial charge is 0.366 e. The fourth-order valence-electron chi connectivity index (χ4n) is 9.56. The zero-order valence-electron chi connectivity index (χ0n) is 32.2. The normalized spacial score (nSPS) is 27.0. The zero-order chi connectivity index (χ0) is 40.5. The van der Waals surface area contributed by atoms with E-state index in [1.54, 1.807) is 0 Å². The number of carbonyl (C=O) groups is 2. The van der Waals surface area contributed by atoms with Gasteiger partial charge in [-0.15, -0.1) is 0 Å². The van der Waals surface area contributed by atoms with E-state index in [0.29, 0.717) is 36.8 Å². The Morgan fingerprint density at radius 1 is 0.554 bits per heavy atom. The molecule has 6 atom stereocenters. The van der Waals surface area contributed by atoms with E-state index in [1.807, 2.05) is 137 Å². The lowest BCUT2D eigenvalue weighted by molar-refractivity contribution is -0.230. The number of aliphatic hydroxyl groups is 2. The Hall–Kier alpha value is -4.32. The van der Waals surface area contributed by atoms with Crippen molar-refractivity contribution in [2.24, 2.45) is 22.7 Å². The highest BCUT2D eigenvalue weighted by Crippen LogP contribution is 2.59. The first kappa shape index (κ1) is 41.3. The molecule has 4 aromatic rings. The second kappa shape index (κ2) is 16.3. The molecule has 4 aromatic carbocycles. The van der Waals surface area contributed by atoms with Gasteiger partial charge in [0.15, 0.2) is 11.4 Å². The summed E-state index contributed by atoms with van der Waals surface area (Å²) < 4.78 is 1.68. The van der Waals surface area contributed by atoms with Crippen LogP contribution in [0.1, 0.15) is 87.5 Å². The summed E-state index contributed by atoms with van der Waals surface area (Å²) in [5.41, 5.74) is -2.62. The fraction of sp³-hybridized carbons (Fsp3) is 0.391. The van der Waals surface area contributed by atoms with Crippen LogP contribution >= 0.6 is 31.9 Å². The Balaban J connectivity index is 1.24. The molecule has 0 radical (unpaired) electrons. The molecule has 290 valence electrons. The Morgan fingerprint density at radius 3 is 1.18 bits per heavy atom. The Labute approximate surface area is 347 Å². The van der Waals surface area contributed by atoms with Gasteiger partial charge in [0, 0.05) is 55.8 Å². The van der Waals surface area contributed by atoms with Crippen molar-refractivity contribution in [3.63, 3.8) is 0 Å². The zero-order valence-corrected chi connectivity index (χ0v) is 35.4. The summed E-state index contributed by atoms with van der Waals surface area (Å²) >= 11 is 6.99.